The van der Waals surface area contributed by atoms with Crippen LogP contribution >= 0.6 is 22.6 Å². The lowest BCUT2D eigenvalue weighted by Gasteiger charge is -2.05. The van der Waals surface area contributed by atoms with Crippen LogP contribution < -0.4 is 5.32 Å². The molecule has 0 aromatic carbocycles. The standard InChI is InChI=1S/C10H13IN2/c1-7-9(11)4-5-10(13-7)12-6-8-2-3-8/h4-5,8H,2-3,6H2,1H3,(H,12,13). The minimum atomic E-state index is 0.904. The van der Waals surface area contributed by atoms with Crippen molar-refractivity contribution in [1.82, 2.24) is 4.98 Å². The van der Waals surface area contributed by atoms with Gasteiger partial charge in [-0.3, -0.25) is 0 Å². The van der Waals surface area contributed by atoms with Crippen molar-refractivity contribution in [2.45, 2.75) is 19.8 Å². The largest absolute Gasteiger partial charge is 0.370 e. The molecule has 0 saturated heterocycles. The van der Waals surface area contributed by atoms with Crippen molar-refractivity contribution < 1.29 is 0 Å². The Morgan fingerprint density at radius 2 is 2.31 bits per heavy atom. The smallest absolute Gasteiger partial charge is 0.126 e. The number of nitrogens with one attached hydrogen (secondary N) is 1. The number of pyridine rings is 1. The Hall–Kier alpha value is -0.320. The zero-order valence-electron chi connectivity index (χ0n) is 7.68. The van der Waals surface area contributed by atoms with E-state index in [1.165, 1.54) is 16.4 Å². The lowest BCUT2D eigenvalue weighted by atomic mass is 10.3. The molecule has 0 amide bonds. The predicted molar refractivity (Wildman–Crippen MR) is 62.9 cm³/mol. The molecule has 1 fully saturated rings. The lowest BCUT2D eigenvalue weighted by molar-refractivity contribution is 0.881. The number of hydrogen-bond donors (Lipinski definition) is 1. The summed E-state index contributed by atoms with van der Waals surface area (Å²) in [6.45, 7) is 3.14. The summed E-state index contributed by atoms with van der Waals surface area (Å²) in [7, 11) is 0. The lowest BCUT2D eigenvalue weighted by Crippen LogP contribution is -2.05. The average Bonchev–Trinajstić information content (AvgIpc) is 2.91. The Labute approximate surface area is 92.3 Å². The second-order valence-corrected chi connectivity index (χ2v) is 4.75. The highest BCUT2D eigenvalue weighted by Gasteiger charge is 2.20. The summed E-state index contributed by atoms with van der Waals surface area (Å²) in [5, 5.41) is 3.36. The van der Waals surface area contributed by atoms with Gasteiger partial charge in [0.2, 0.25) is 0 Å². The third-order valence-corrected chi connectivity index (χ3v) is 3.43. The van der Waals surface area contributed by atoms with Gasteiger partial charge in [0.05, 0.1) is 5.69 Å². The SMILES string of the molecule is Cc1nc(NCC2CC2)ccc1I. The first kappa shape index (κ1) is 9.24. The Morgan fingerprint density at radius 3 is 2.92 bits per heavy atom. The Balaban J connectivity index is 1.98. The third-order valence-electron chi connectivity index (χ3n) is 2.29. The van der Waals surface area contributed by atoms with E-state index in [-0.39, 0.29) is 0 Å². The fourth-order valence-corrected chi connectivity index (χ4v) is 1.51. The van der Waals surface area contributed by atoms with Gasteiger partial charge >= 0.3 is 0 Å². The number of nitrogens with zero attached hydrogens (tertiary/aromatic N) is 1. The molecule has 1 N–H and O–H groups in total. The number of aryl methyl sites for hydroxylation is 1. The molecule has 0 aliphatic heterocycles. The highest BCUT2D eigenvalue weighted by molar-refractivity contribution is 14.1. The van der Waals surface area contributed by atoms with Crippen LogP contribution in [-0.2, 0) is 0 Å². The molecular formula is C10H13IN2. The normalized spacial score (nSPS) is 15.8. The monoisotopic (exact) mass is 288 g/mol. The fourth-order valence-electron chi connectivity index (χ4n) is 1.21. The van der Waals surface area contributed by atoms with Crippen molar-refractivity contribution in [2.75, 3.05) is 11.9 Å². The van der Waals surface area contributed by atoms with Gasteiger partial charge in [-0.1, -0.05) is 0 Å². The van der Waals surface area contributed by atoms with Gasteiger partial charge in [0.1, 0.15) is 5.82 Å². The molecule has 70 valence electrons. The van der Waals surface area contributed by atoms with Gasteiger partial charge in [-0.15, -0.1) is 0 Å². The molecule has 1 saturated carbocycles. The van der Waals surface area contributed by atoms with E-state index < -0.39 is 0 Å². The number of anilines is 1. The molecular weight excluding hydrogens is 275 g/mol. The molecule has 3 heteroatoms. The summed E-state index contributed by atoms with van der Waals surface area (Å²) >= 11 is 2.30. The van der Waals surface area contributed by atoms with Crippen LogP contribution in [0.15, 0.2) is 12.1 Å². The van der Waals surface area contributed by atoms with Crippen LogP contribution in [0.25, 0.3) is 0 Å². The zero-order valence-corrected chi connectivity index (χ0v) is 9.84. The van der Waals surface area contributed by atoms with E-state index in [0.29, 0.717) is 0 Å². The molecule has 0 unspecified atom stereocenters. The Bertz CT molecular complexity index is 308. The van der Waals surface area contributed by atoms with Crippen LogP contribution in [-0.4, -0.2) is 11.5 Å². The van der Waals surface area contributed by atoms with E-state index in [1.54, 1.807) is 0 Å². The van der Waals surface area contributed by atoms with Crippen molar-refractivity contribution in [3.05, 3.63) is 21.4 Å². The summed E-state index contributed by atoms with van der Waals surface area (Å²) in [6, 6.07) is 4.16. The van der Waals surface area contributed by atoms with Gasteiger partial charge in [-0.05, 0) is 60.4 Å². The van der Waals surface area contributed by atoms with Gasteiger partial charge in [-0.25, -0.2) is 4.98 Å². The van der Waals surface area contributed by atoms with Crippen molar-refractivity contribution >= 4 is 28.4 Å². The summed E-state index contributed by atoms with van der Waals surface area (Å²) in [5.41, 5.74) is 1.11. The molecule has 0 radical (unpaired) electrons. The van der Waals surface area contributed by atoms with Crippen molar-refractivity contribution in [3.8, 4) is 0 Å². The van der Waals surface area contributed by atoms with Crippen LogP contribution in [0.2, 0.25) is 0 Å². The van der Waals surface area contributed by atoms with E-state index in [2.05, 4.69) is 45.0 Å². The zero-order chi connectivity index (χ0) is 9.26. The van der Waals surface area contributed by atoms with Gasteiger partial charge < -0.3 is 5.32 Å². The summed E-state index contributed by atoms with van der Waals surface area (Å²) in [4.78, 5) is 4.45. The van der Waals surface area contributed by atoms with Crippen molar-refractivity contribution in [2.24, 2.45) is 5.92 Å². The fraction of sp³-hybridized carbons (Fsp3) is 0.500. The first-order valence-corrected chi connectivity index (χ1v) is 5.70. The number of hydrogen-bond acceptors (Lipinski definition) is 2. The number of aromatic nitrogens is 1. The minimum absolute atomic E-state index is 0.904. The summed E-state index contributed by atoms with van der Waals surface area (Å²) in [5.74, 6) is 1.92. The van der Waals surface area contributed by atoms with E-state index in [0.717, 1.165) is 24.0 Å². The summed E-state index contributed by atoms with van der Waals surface area (Å²) in [6.07, 6.45) is 2.77. The minimum Gasteiger partial charge on any atom is -0.370 e. The van der Waals surface area contributed by atoms with Crippen LogP contribution in [0.1, 0.15) is 18.5 Å². The Morgan fingerprint density at radius 1 is 1.54 bits per heavy atom. The molecule has 1 aromatic rings. The molecule has 2 rings (SSSR count). The Kier molecular flexibility index (Phi) is 2.71. The highest BCUT2D eigenvalue weighted by Crippen LogP contribution is 2.28. The maximum Gasteiger partial charge on any atom is 0.126 e. The topological polar surface area (TPSA) is 24.9 Å². The second kappa shape index (κ2) is 3.82. The maximum absolute atomic E-state index is 4.45. The maximum atomic E-state index is 4.45. The molecule has 13 heavy (non-hydrogen) atoms. The molecule has 1 aliphatic rings. The molecule has 1 aromatic heterocycles. The molecule has 0 atom stereocenters. The van der Waals surface area contributed by atoms with Crippen molar-refractivity contribution in [3.63, 3.8) is 0 Å². The highest BCUT2D eigenvalue weighted by atomic mass is 127. The first-order valence-electron chi connectivity index (χ1n) is 4.63. The van der Waals surface area contributed by atoms with Crippen LogP contribution in [0.3, 0.4) is 0 Å². The van der Waals surface area contributed by atoms with Crippen molar-refractivity contribution in [1.29, 1.82) is 0 Å². The number of halogens is 1. The second-order valence-electron chi connectivity index (χ2n) is 3.59. The van der Waals surface area contributed by atoms with Gasteiger partial charge in [-0.2, -0.15) is 0 Å². The number of rotatable bonds is 3. The molecule has 2 nitrogen and oxygen atoms in total. The summed E-state index contributed by atoms with van der Waals surface area (Å²) < 4.78 is 1.23. The van der Waals surface area contributed by atoms with E-state index in [1.807, 2.05) is 6.92 Å². The third kappa shape index (κ3) is 2.56. The predicted octanol–water partition coefficient (Wildman–Crippen LogP) is 2.82. The van der Waals surface area contributed by atoms with Crippen LogP contribution in [0.4, 0.5) is 5.82 Å². The van der Waals surface area contributed by atoms with E-state index in [4.69, 9.17) is 0 Å². The quantitative estimate of drug-likeness (QED) is 0.865. The average molecular weight is 288 g/mol. The van der Waals surface area contributed by atoms with E-state index in [9.17, 15) is 0 Å². The van der Waals surface area contributed by atoms with Crippen LogP contribution in [0.5, 0.6) is 0 Å². The van der Waals surface area contributed by atoms with Gasteiger partial charge in [0.15, 0.2) is 0 Å². The van der Waals surface area contributed by atoms with Gasteiger partial charge in [0.25, 0.3) is 0 Å². The van der Waals surface area contributed by atoms with Gasteiger partial charge in [0, 0.05) is 10.1 Å². The molecule has 1 heterocycles. The van der Waals surface area contributed by atoms with E-state index >= 15 is 0 Å². The molecule has 0 spiro atoms. The first-order chi connectivity index (χ1) is 6.25. The molecule has 1 aliphatic carbocycles. The molecule has 0 bridgehead atoms. The van der Waals surface area contributed by atoms with Crippen LogP contribution in [0, 0.1) is 16.4 Å².